The molecule has 0 aromatic rings. The molecule has 2 saturated heterocycles. The van der Waals surface area contributed by atoms with Crippen LogP contribution in [0.2, 0.25) is 0 Å². The monoisotopic (exact) mass is 286 g/mol. The van der Waals surface area contributed by atoms with Crippen LogP contribution in [0.4, 0.5) is 0 Å². The second-order valence-electron chi connectivity index (χ2n) is 5.51. The van der Waals surface area contributed by atoms with Crippen LogP contribution in [0.5, 0.6) is 0 Å². The van der Waals surface area contributed by atoms with Crippen LogP contribution in [0.1, 0.15) is 26.7 Å². The third kappa shape index (κ3) is 2.75. The number of amides is 1. The number of hydrogen-bond donors (Lipinski definition) is 1. The Kier molecular flexibility index (Phi) is 4.43. The molecule has 2 fully saturated rings. The molecule has 108 valence electrons. The smallest absolute Gasteiger partial charge is 0.236 e. The molecule has 2 N–H and O–H groups in total. The number of ether oxygens (including phenoxy) is 2. The van der Waals surface area contributed by atoms with E-state index >= 15 is 0 Å². The van der Waals surface area contributed by atoms with Crippen molar-refractivity contribution in [2.75, 3.05) is 26.4 Å². The lowest BCUT2D eigenvalue weighted by Crippen LogP contribution is -2.59. The molecule has 2 heterocycles. The molecule has 0 aromatic carbocycles. The van der Waals surface area contributed by atoms with Crippen LogP contribution < -0.4 is 5.73 Å². The number of carbonyl (C=O) groups excluding carboxylic acids is 1. The Hall–Kier alpha value is -0.720. The van der Waals surface area contributed by atoms with Crippen LogP contribution in [0.3, 0.4) is 0 Å². The Bertz CT molecular complexity index is 369. The van der Waals surface area contributed by atoms with Gasteiger partial charge in [-0.1, -0.05) is 12.2 Å². The summed E-state index contributed by atoms with van der Waals surface area (Å²) >= 11 is 5.18. The molecule has 2 atom stereocenters. The topological polar surface area (TPSA) is 64.8 Å². The number of nitrogens with two attached hydrogens (primary N) is 1. The van der Waals surface area contributed by atoms with Gasteiger partial charge in [0.05, 0.1) is 23.7 Å². The molecular formula is C13H22N2O3S. The van der Waals surface area contributed by atoms with E-state index in [4.69, 9.17) is 27.4 Å². The molecule has 0 bridgehead atoms. The molecule has 0 saturated carbocycles. The molecular weight excluding hydrogens is 264 g/mol. The Labute approximate surface area is 119 Å². The zero-order valence-electron chi connectivity index (χ0n) is 11.6. The number of nitrogens with zero attached hydrogens (tertiary/aromatic N) is 1. The number of carbonyl (C=O) groups is 1. The van der Waals surface area contributed by atoms with Gasteiger partial charge in [0.1, 0.15) is 5.41 Å². The second-order valence-corrected chi connectivity index (χ2v) is 5.95. The quantitative estimate of drug-likeness (QED) is 0.757. The summed E-state index contributed by atoms with van der Waals surface area (Å²) in [4.78, 5) is 15.1. The largest absolute Gasteiger partial charge is 0.392 e. The molecule has 0 radical (unpaired) electrons. The molecule has 2 aliphatic heterocycles. The lowest BCUT2D eigenvalue weighted by Gasteiger charge is -2.44. The van der Waals surface area contributed by atoms with Crippen LogP contribution >= 0.6 is 12.2 Å². The summed E-state index contributed by atoms with van der Waals surface area (Å²) in [7, 11) is 0. The molecule has 0 aliphatic carbocycles. The van der Waals surface area contributed by atoms with Crippen LogP contribution in [-0.2, 0) is 14.3 Å². The summed E-state index contributed by atoms with van der Waals surface area (Å²) in [6, 6.07) is 0.0674. The minimum Gasteiger partial charge on any atom is -0.392 e. The third-order valence-electron chi connectivity index (χ3n) is 4.10. The summed E-state index contributed by atoms with van der Waals surface area (Å²) in [5.74, 6) is 0.0472. The molecule has 2 aliphatic rings. The molecule has 0 aromatic heterocycles. The highest BCUT2D eigenvalue weighted by Gasteiger charge is 2.47. The fraction of sp³-hybridized carbons (Fsp3) is 0.846. The van der Waals surface area contributed by atoms with Crippen LogP contribution in [0, 0.1) is 5.41 Å². The predicted molar refractivity (Wildman–Crippen MR) is 75.9 cm³/mol. The van der Waals surface area contributed by atoms with Crippen molar-refractivity contribution in [3.05, 3.63) is 0 Å². The van der Waals surface area contributed by atoms with Crippen molar-refractivity contribution >= 4 is 23.1 Å². The van der Waals surface area contributed by atoms with Crippen molar-refractivity contribution < 1.29 is 14.3 Å². The summed E-state index contributed by atoms with van der Waals surface area (Å²) in [6.07, 6.45) is 1.22. The number of thiocarbonyl (C=S) groups is 1. The number of morpholine rings is 1. The van der Waals surface area contributed by atoms with Crippen molar-refractivity contribution in [1.29, 1.82) is 0 Å². The first-order valence-electron chi connectivity index (χ1n) is 6.77. The third-order valence-corrected chi connectivity index (χ3v) is 4.49. The molecule has 19 heavy (non-hydrogen) atoms. The van der Waals surface area contributed by atoms with Gasteiger partial charge in [0.15, 0.2) is 0 Å². The van der Waals surface area contributed by atoms with Gasteiger partial charge in [-0.25, -0.2) is 0 Å². The van der Waals surface area contributed by atoms with E-state index in [0.29, 0.717) is 44.2 Å². The average Bonchev–Trinajstić information content (AvgIpc) is 2.41. The van der Waals surface area contributed by atoms with Gasteiger partial charge < -0.3 is 20.1 Å². The highest BCUT2D eigenvalue weighted by Crippen LogP contribution is 2.34. The fourth-order valence-electron chi connectivity index (χ4n) is 2.75. The van der Waals surface area contributed by atoms with E-state index in [1.54, 1.807) is 0 Å². The van der Waals surface area contributed by atoms with Crippen LogP contribution in [0.15, 0.2) is 0 Å². The Morgan fingerprint density at radius 2 is 2.00 bits per heavy atom. The van der Waals surface area contributed by atoms with Gasteiger partial charge in [-0.3, -0.25) is 4.79 Å². The minimum absolute atomic E-state index is 0.0472. The van der Waals surface area contributed by atoms with E-state index in [1.165, 1.54) is 0 Å². The fourth-order valence-corrected chi connectivity index (χ4v) is 3.04. The van der Waals surface area contributed by atoms with E-state index < -0.39 is 5.41 Å². The summed E-state index contributed by atoms with van der Waals surface area (Å²) in [5.41, 5.74) is 5.16. The first kappa shape index (κ1) is 14.7. The van der Waals surface area contributed by atoms with Gasteiger partial charge in [0.25, 0.3) is 0 Å². The van der Waals surface area contributed by atoms with E-state index in [-0.39, 0.29) is 18.1 Å². The predicted octanol–water partition coefficient (Wildman–Crippen LogP) is 0.705. The van der Waals surface area contributed by atoms with E-state index in [1.807, 2.05) is 18.7 Å². The lowest BCUT2D eigenvalue weighted by atomic mass is 9.78. The Balaban J connectivity index is 2.21. The average molecular weight is 286 g/mol. The molecule has 0 spiro atoms. The van der Waals surface area contributed by atoms with Crippen molar-refractivity contribution in [1.82, 2.24) is 4.90 Å². The number of hydrogen-bond acceptors (Lipinski definition) is 4. The molecule has 1 amide bonds. The summed E-state index contributed by atoms with van der Waals surface area (Å²) in [5, 5.41) is 0. The van der Waals surface area contributed by atoms with Gasteiger partial charge in [0, 0.05) is 19.8 Å². The summed E-state index contributed by atoms with van der Waals surface area (Å²) in [6.45, 7) is 6.22. The highest BCUT2D eigenvalue weighted by atomic mass is 32.1. The van der Waals surface area contributed by atoms with Crippen molar-refractivity contribution in [2.45, 2.75) is 38.8 Å². The highest BCUT2D eigenvalue weighted by molar-refractivity contribution is 7.80. The first-order valence-corrected chi connectivity index (χ1v) is 7.18. The minimum atomic E-state index is -0.723. The van der Waals surface area contributed by atoms with Crippen molar-refractivity contribution in [2.24, 2.45) is 11.1 Å². The van der Waals surface area contributed by atoms with E-state index in [0.717, 1.165) is 0 Å². The zero-order chi connectivity index (χ0) is 14.0. The van der Waals surface area contributed by atoms with E-state index in [2.05, 4.69) is 0 Å². The van der Waals surface area contributed by atoms with Crippen molar-refractivity contribution in [3.8, 4) is 0 Å². The van der Waals surface area contributed by atoms with Gasteiger partial charge in [-0.05, 0) is 26.7 Å². The van der Waals surface area contributed by atoms with Gasteiger partial charge >= 0.3 is 0 Å². The maximum Gasteiger partial charge on any atom is 0.236 e. The maximum absolute atomic E-state index is 12.9. The van der Waals surface area contributed by atoms with Gasteiger partial charge in [-0.2, -0.15) is 0 Å². The SMILES string of the molecule is CC1CN(C(=O)C2(C(N)=S)CCOCC2)C(C)CO1. The Morgan fingerprint density at radius 1 is 1.37 bits per heavy atom. The van der Waals surface area contributed by atoms with Crippen LogP contribution in [-0.4, -0.2) is 54.3 Å². The lowest BCUT2D eigenvalue weighted by molar-refractivity contribution is -0.154. The molecule has 6 heteroatoms. The van der Waals surface area contributed by atoms with Gasteiger partial charge in [-0.15, -0.1) is 0 Å². The standard InChI is InChI=1S/C13H22N2O3S/c1-9-8-18-10(2)7-15(9)12(16)13(11(14)19)3-5-17-6-4-13/h9-10H,3-8H2,1-2H3,(H2,14,19). The molecule has 2 unspecified atom stereocenters. The molecule has 5 nitrogen and oxygen atoms in total. The normalized spacial score (nSPS) is 30.9. The van der Waals surface area contributed by atoms with Crippen molar-refractivity contribution in [3.63, 3.8) is 0 Å². The first-order chi connectivity index (χ1) is 8.97. The van der Waals surface area contributed by atoms with Crippen LogP contribution in [0.25, 0.3) is 0 Å². The zero-order valence-corrected chi connectivity index (χ0v) is 12.4. The maximum atomic E-state index is 12.9. The molecule has 2 rings (SSSR count). The van der Waals surface area contributed by atoms with E-state index in [9.17, 15) is 4.79 Å². The Morgan fingerprint density at radius 3 is 2.58 bits per heavy atom. The summed E-state index contributed by atoms with van der Waals surface area (Å²) < 4.78 is 10.9. The van der Waals surface area contributed by atoms with Gasteiger partial charge in [0.2, 0.25) is 5.91 Å². The second kappa shape index (κ2) is 5.73. The number of rotatable bonds is 2.